The number of carbonyl (C=O) groups excluding carboxylic acids is 1. The summed E-state index contributed by atoms with van der Waals surface area (Å²) >= 11 is 0. The molecule has 4 rings (SSSR count). The van der Waals surface area contributed by atoms with E-state index >= 15 is 0 Å². The van der Waals surface area contributed by atoms with Crippen LogP contribution in [0.3, 0.4) is 0 Å². The lowest BCUT2D eigenvalue weighted by Crippen LogP contribution is -2.50. The summed E-state index contributed by atoms with van der Waals surface area (Å²) in [7, 11) is 0. The van der Waals surface area contributed by atoms with Crippen molar-refractivity contribution in [3.8, 4) is 0 Å². The topological polar surface area (TPSA) is 57.5 Å². The standard InChI is InChI=1S/C27H26O3/c1-18-9-13-22(14-10-18)26(29)17-20(3)24(25(28)21-7-5-4-6-8-21)27(26,30)23-15-11-19(2)12-16-23/h4-16,24,29-30H,3,17H2,1-2H3/t24-,26+,27+/m1/s1. The molecule has 2 N–H and O–H groups in total. The number of hydrogen-bond acceptors (Lipinski definition) is 3. The van der Waals surface area contributed by atoms with Crippen LogP contribution >= 0.6 is 0 Å². The Morgan fingerprint density at radius 2 is 1.33 bits per heavy atom. The molecule has 1 aliphatic carbocycles. The van der Waals surface area contributed by atoms with Gasteiger partial charge >= 0.3 is 0 Å². The first-order chi connectivity index (χ1) is 14.3. The third-order valence-electron chi connectivity index (χ3n) is 6.28. The molecule has 0 heterocycles. The fourth-order valence-corrected chi connectivity index (χ4v) is 4.61. The van der Waals surface area contributed by atoms with E-state index in [0.717, 1.165) is 11.1 Å². The summed E-state index contributed by atoms with van der Waals surface area (Å²) in [4.78, 5) is 13.6. The largest absolute Gasteiger partial charge is 0.381 e. The van der Waals surface area contributed by atoms with Crippen LogP contribution in [-0.2, 0) is 11.2 Å². The minimum Gasteiger partial charge on any atom is -0.381 e. The minimum absolute atomic E-state index is 0.101. The Labute approximate surface area is 177 Å². The van der Waals surface area contributed by atoms with Crippen LogP contribution in [0.15, 0.2) is 91.0 Å². The number of aryl methyl sites for hydroxylation is 2. The molecule has 3 atom stereocenters. The normalized spacial score (nSPS) is 26.0. The molecule has 0 amide bonds. The van der Waals surface area contributed by atoms with E-state index in [-0.39, 0.29) is 12.2 Å². The second-order valence-electron chi connectivity index (χ2n) is 8.36. The summed E-state index contributed by atoms with van der Waals surface area (Å²) in [5.41, 5.74) is 0.642. The van der Waals surface area contributed by atoms with E-state index in [1.807, 2.05) is 56.3 Å². The van der Waals surface area contributed by atoms with E-state index in [1.165, 1.54) is 0 Å². The van der Waals surface area contributed by atoms with Crippen molar-refractivity contribution in [3.63, 3.8) is 0 Å². The van der Waals surface area contributed by atoms with Crippen LogP contribution in [0.2, 0.25) is 0 Å². The lowest BCUT2D eigenvalue weighted by atomic mass is 9.70. The highest BCUT2D eigenvalue weighted by Gasteiger charge is 2.64. The van der Waals surface area contributed by atoms with Gasteiger partial charge in [-0.1, -0.05) is 102 Å². The lowest BCUT2D eigenvalue weighted by molar-refractivity contribution is -0.156. The van der Waals surface area contributed by atoms with E-state index < -0.39 is 17.1 Å². The molecule has 1 aliphatic rings. The van der Waals surface area contributed by atoms with Gasteiger partial charge in [-0.3, -0.25) is 4.79 Å². The maximum Gasteiger partial charge on any atom is 0.173 e. The molecule has 0 unspecified atom stereocenters. The molecule has 3 aromatic rings. The molecule has 0 bridgehead atoms. The zero-order valence-electron chi connectivity index (χ0n) is 17.3. The zero-order chi connectivity index (χ0) is 21.5. The minimum atomic E-state index is -1.85. The third-order valence-corrected chi connectivity index (χ3v) is 6.28. The van der Waals surface area contributed by atoms with Crippen molar-refractivity contribution in [2.75, 3.05) is 0 Å². The Kier molecular flexibility index (Phi) is 4.97. The van der Waals surface area contributed by atoms with Crippen molar-refractivity contribution in [3.05, 3.63) is 119 Å². The number of rotatable bonds is 4. The predicted octanol–water partition coefficient (Wildman–Crippen LogP) is 4.84. The number of benzene rings is 3. The van der Waals surface area contributed by atoms with Gasteiger partial charge in [0.15, 0.2) is 5.78 Å². The van der Waals surface area contributed by atoms with E-state index in [1.54, 1.807) is 36.4 Å². The Bertz CT molecular complexity index is 1080. The van der Waals surface area contributed by atoms with E-state index in [0.29, 0.717) is 22.3 Å². The van der Waals surface area contributed by atoms with Gasteiger partial charge in [-0.2, -0.15) is 0 Å². The van der Waals surface area contributed by atoms with Gasteiger partial charge in [-0.25, -0.2) is 0 Å². The summed E-state index contributed by atoms with van der Waals surface area (Å²) < 4.78 is 0. The van der Waals surface area contributed by atoms with Crippen molar-refractivity contribution >= 4 is 5.78 Å². The molecule has 3 nitrogen and oxygen atoms in total. The predicted molar refractivity (Wildman–Crippen MR) is 118 cm³/mol. The summed E-state index contributed by atoms with van der Waals surface area (Å²) in [6.45, 7) is 8.04. The maximum atomic E-state index is 13.6. The van der Waals surface area contributed by atoms with Crippen molar-refractivity contribution in [1.29, 1.82) is 0 Å². The van der Waals surface area contributed by atoms with Crippen LogP contribution in [0.1, 0.15) is 39.0 Å². The highest BCUT2D eigenvalue weighted by molar-refractivity contribution is 6.01. The zero-order valence-corrected chi connectivity index (χ0v) is 17.3. The number of aliphatic hydroxyl groups is 2. The highest BCUT2D eigenvalue weighted by Crippen LogP contribution is 2.58. The Hall–Kier alpha value is -3.01. The molecular weight excluding hydrogens is 372 g/mol. The van der Waals surface area contributed by atoms with Gasteiger partial charge in [0, 0.05) is 12.0 Å². The molecule has 1 saturated carbocycles. The Morgan fingerprint density at radius 3 is 1.87 bits per heavy atom. The van der Waals surface area contributed by atoms with Crippen LogP contribution in [0.5, 0.6) is 0 Å². The van der Waals surface area contributed by atoms with Gasteiger partial charge in [0.05, 0.1) is 5.92 Å². The lowest BCUT2D eigenvalue weighted by Gasteiger charge is -2.41. The van der Waals surface area contributed by atoms with E-state index in [9.17, 15) is 15.0 Å². The van der Waals surface area contributed by atoms with Crippen molar-refractivity contribution in [1.82, 2.24) is 0 Å². The Balaban J connectivity index is 1.93. The quantitative estimate of drug-likeness (QED) is 0.488. The van der Waals surface area contributed by atoms with Gasteiger partial charge in [0.25, 0.3) is 0 Å². The SMILES string of the molecule is C=C1C[C@](O)(c2ccc(C)cc2)[C@](O)(c2ccc(C)cc2)[C@H]1C(=O)c1ccccc1. The molecule has 152 valence electrons. The van der Waals surface area contributed by atoms with Crippen molar-refractivity contribution in [2.45, 2.75) is 31.5 Å². The van der Waals surface area contributed by atoms with Gasteiger partial charge in [-0.05, 0) is 25.0 Å². The first-order valence-corrected chi connectivity index (χ1v) is 10.1. The van der Waals surface area contributed by atoms with Crippen molar-refractivity contribution < 1.29 is 15.0 Å². The summed E-state index contributed by atoms with van der Waals surface area (Å²) in [5.74, 6) is -1.21. The summed E-state index contributed by atoms with van der Waals surface area (Å²) in [5, 5.41) is 24.2. The first kappa shape index (κ1) is 20.3. The number of hydrogen-bond donors (Lipinski definition) is 2. The Morgan fingerprint density at radius 1 is 0.833 bits per heavy atom. The molecule has 0 radical (unpaired) electrons. The molecule has 30 heavy (non-hydrogen) atoms. The average Bonchev–Trinajstić information content (AvgIpc) is 2.95. The second kappa shape index (κ2) is 7.35. The number of carbonyl (C=O) groups is 1. The van der Waals surface area contributed by atoms with Gasteiger partial charge in [0.1, 0.15) is 11.2 Å². The van der Waals surface area contributed by atoms with E-state index in [2.05, 4.69) is 6.58 Å². The van der Waals surface area contributed by atoms with Crippen molar-refractivity contribution in [2.24, 2.45) is 5.92 Å². The monoisotopic (exact) mass is 398 g/mol. The van der Waals surface area contributed by atoms with Gasteiger partial charge in [-0.15, -0.1) is 0 Å². The molecule has 1 fully saturated rings. The molecular formula is C27H26O3. The van der Waals surface area contributed by atoms with Crippen LogP contribution in [0.4, 0.5) is 0 Å². The van der Waals surface area contributed by atoms with Crippen LogP contribution in [0, 0.1) is 19.8 Å². The average molecular weight is 399 g/mol. The number of ketones is 1. The fraction of sp³-hybridized carbons (Fsp3) is 0.222. The fourth-order valence-electron chi connectivity index (χ4n) is 4.61. The maximum absolute atomic E-state index is 13.6. The smallest absolute Gasteiger partial charge is 0.173 e. The molecule has 0 saturated heterocycles. The molecule has 0 spiro atoms. The highest BCUT2D eigenvalue weighted by atomic mass is 16.4. The van der Waals surface area contributed by atoms with Crippen LogP contribution < -0.4 is 0 Å². The third kappa shape index (κ3) is 3.02. The molecule has 3 aromatic carbocycles. The van der Waals surface area contributed by atoms with E-state index in [4.69, 9.17) is 0 Å². The number of Topliss-reactive ketones (excluding diaryl/α,β-unsaturated/α-hetero) is 1. The second-order valence-corrected chi connectivity index (χ2v) is 8.36. The molecule has 0 aromatic heterocycles. The first-order valence-electron chi connectivity index (χ1n) is 10.1. The van der Waals surface area contributed by atoms with Crippen LogP contribution in [0.25, 0.3) is 0 Å². The molecule has 0 aliphatic heterocycles. The summed E-state index contributed by atoms with van der Waals surface area (Å²) in [6.07, 6.45) is 0.101. The summed E-state index contributed by atoms with van der Waals surface area (Å²) in [6, 6.07) is 23.7. The van der Waals surface area contributed by atoms with Gasteiger partial charge in [0.2, 0.25) is 0 Å². The van der Waals surface area contributed by atoms with Gasteiger partial charge < -0.3 is 10.2 Å². The van der Waals surface area contributed by atoms with Crippen LogP contribution in [-0.4, -0.2) is 16.0 Å². The molecule has 3 heteroatoms.